The molecule has 2 unspecified atom stereocenters. The summed E-state index contributed by atoms with van der Waals surface area (Å²) in [6.07, 6.45) is 0.519. The zero-order valence-corrected chi connectivity index (χ0v) is 12.0. The third-order valence-corrected chi connectivity index (χ3v) is 3.09. The first kappa shape index (κ1) is 16.7. The van der Waals surface area contributed by atoms with Gasteiger partial charge in [-0.2, -0.15) is 10.5 Å². The number of anilines is 1. The summed E-state index contributed by atoms with van der Waals surface area (Å²) in [5, 5.41) is 39.6. The summed E-state index contributed by atoms with van der Waals surface area (Å²) in [6.45, 7) is -0.148. The molecule has 6 nitrogen and oxygen atoms in total. The van der Waals surface area contributed by atoms with Crippen molar-refractivity contribution in [2.75, 3.05) is 26.0 Å². The van der Waals surface area contributed by atoms with Crippen molar-refractivity contribution in [1.29, 1.82) is 10.5 Å². The van der Waals surface area contributed by atoms with Crippen molar-refractivity contribution in [3.8, 4) is 12.1 Å². The molecule has 1 rings (SSSR count). The van der Waals surface area contributed by atoms with Crippen molar-refractivity contribution in [2.45, 2.75) is 12.1 Å². The van der Waals surface area contributed by atoms with Crippen LogP contribution in [0.5, 0.6) is 0 Å². The van der Waals surface area contributed by atoms with E-state index in [4.69, 9.17) is 10.5 Å². The van der Waals surface area contributed by atoms with Gasteiger partial charge in [-0.15, -0.1) is 0 Å². The van der Waals surface area contributed by atoms with E-state index in [1.165, 1.54) is 6.20 Å². The van der Waals surface area contributed by atoms with E-state index in [1.807, 2.05) is 0 Å². The number of likely N-dealkylation sites (N-methyl/N-ethyl adjacent to an activating group) is 1. The highest BCUT2D eigenvalue weighted by Crippen LogP contribution is 2.21. The standard InChI is InChI=1S/C15H18N4O2/c1-19(2)14(10-20)15(21)12-3-5-13(6-4-12)18-9-11(7-16)8-17/h3-6,9,14-15,18,20-21H,10H2,1-2H3. The summed E-state index contributed by atoms with van der Waals surface area (Å²) >= 11 is 0. The van der Waals surface area contributed by atoms with Gasteiger partial charge in [-0.3, -0.25) is 0 Å². The molecule has 0 radical (unpaired) electrons. The maximum absolute atomic E-state index is 10.2. The number of hydrogen-bond acceptors (Lipinski definition) is 6. The Balaban J connectivity index is 2.81. The number of aliphatic hydroxyl groups is 2. The van der Waals surface area contributed by atoms with Crippen molar-refractivity contribution in [3.05, 3.63) is 41.6 Å². The molecular weight excluding hydrogens is 268 g/mol. The molecule has 2 atom stereocenters. The van der Waals surface area contributed by atoms with E-state index in [-0.39, 0.29) is 18.2 Å². The van der Waals surface area contributed by atoms with Crippen LogP contribution in [0.15, 0.2) is 36.0 Å². The molecule has 0 aliphatic carbocycles. The number of nitriles is 2. The van der Waals surface area contributed by atoms with Crippen LogP contribution in [0, 0.1) is 22.7 Å². The third-order valence-electron chi connectivity index (χ3n) is 3.09. The van der Waals surface area contributed by atoms with Gasteiger partial charge >= 0.3 is 0 Å². The minimum Gasteiger partial charge on any atom is -0.395 e. The predicted molar refractivity (Wildman–Crippen MR) is 78.9 cm³/mol. The molecule has 21 heavy (non-hydrogen) atoms. The first-order chi connectivity index (χ1) is 10.0. The summed E-state index contributed by atoms with van der Waals surface area (Å²) in [5.74, 6) is 0. The molecule has 0 heterocycles. The van der Waals surface area contributed by atoms with Gasteiger partial charge in [0.05, 0.1) is 18.8 Å². The van der Waals surface area contributed by atoms with Crippen molar-refractivity contribution in [2.24, 2.45) is 0 Å². The molecule has 110 valence electrons. The Hall–Kier alpha value is -2.38. The van der Waals surface area contributed by atoms with Crippen LogP contribution >= 0.6 is 0 Å². The minimum atomic E-state index is -0.802. The SMILES string of the molecule is CN(C)C(CO)C(O)c1ccc(NC=C(C#N)C#N)cc1. The number of benzene rings is 1. The van der Waals surface area contributed by atoms with Gasteiger partial charge in [0, 0.05) is 11.9 Å². The molecule has 1 aromatic carbocycles. The Kier molecular flexibility index (Phi) is 6.38. The molecular formula is C15H18N4O2. The van der Waals surface area contributed by atoms with Crippen LogP contribution in [-0.4, -0.2) is 41.9 Å². The fraction of sp³-hybridized carbons (Fsp3) is 0.333. The molecule has 6 heteroatoms. The number of nitrogens with one attached hydrogen (secondary N) is 1. The van der Waals surface area contributed by atoms with Crippen LogP contribution in [-0.2, 0) is 0 Å². The lowest BCUT2D eigenvalue weighted by Gasteiger charge is -2.27. The Morgan fingerprint density at radius 1 is 1.29 bits per heavy atom. The average Bonchev–Trinajstić information content (AvgIpc) is 2.49. The maximum atomic E-state index is 10.2. The Bertz CT molecular complexity index is 551. The fourth-order valence-corrected chi connectivity index (χ4v) is 1.79. The van der Waals surface area contributed by atoms with Crippen LogP contribution in [0.4, 0.5) is 5.69 Å². The Labute approximate surface area is 124 Å². The first-order valence-corrected chi connectivity index (χ1v) is 6.35. The highest BCUT2D eigenvalue weighted by Gasteiger charge is 2.21. The van der Waals surface area contributed by atoms with Gasteiger partial charge in [-0.05, 0) is 31.8 Å². The van der Waals surface area contributed by atoms with E-state index >= 15 is 0 Å². The van der Waals surface area contributed by atoms with Gasteiger partial charge in [0.2, 0.25) is 0 Å². The monoisotopic (exact) mass is 286 g/mol. The maximum Gasteiger partial charge on any atom is 0.145 e. The largest absolute Gasteiger partial charge is 0.395 e. The summed E-state index contributed by atoms with van der Waals surface area (Å²) in [5.41, 5.74) is 1.35. The third kappa shape index (κ3) is 4.59. The Morgan fingerprint density at radius 2 is 1.86 bits per heavy atom. The molecule has 0 spiro atoms. The number of hydrogen-bond donors (Lipinski definition) is 3. The van der Waals surface area contributed by atoms with E-state index in [1.54, 1.807) is 55.4 Å². The second kappa shape index (κ2) is 8.03. The quantitative estimate of drug-likeness (QED) is 0.674. The molecule has 0 amide bonds. The summed E-state index contributed by atoms with van der Waals surface area (Å²) in [6, 6.07) is 10.0. The van der Waals surface area contributed by atoms with Gasteiger partial charge in [0.15, 0.2) is 0 Å². The van der Waals surface area contributed by atoms with Crippen LogP contribution < -0.4 is 5.32 Å². The van der Waals surface area contributed by atoms with Crippen LogP contribution in [0.25, 0.3) is 0 Å². The number of aliphatic hydroxyl groups excluding tert-OH is 2. The van der Waals surface area contributed by atoms with Gasteiger partial charge in [-0.25, -0.2) is 0 Å². The Morgan fingerprint density at radius 3 is 2.29 bits per heavy atom. The van der Waals surface area contributed by atoms with E-state index in [2.05, 4.69) is 5.32 Å². The molecule has 0 aromatic heterocycles. The zero-order valence-electron chi connectivity index (χ0n) is 12.0. The molecule has 0 saturated carbocycles. The van der Waals surface area contributed by atoms with Crippen molar-refractivity contribution >= 4 is 5.69 Å². The van der Waals surface area contributed by atoms with E-state index in [0.29, 0.717) is 11.3 Å². The summed E-state index contributed by atoms with van der Waals surface area (Å²) < 4.78 is 0. The highest BCUT2D eigenvalue weighted by atomic mass is 16.3. The van der Waals surface area contributed by atoms with Gasteiger partial charge in [0.1, 0.15) is 17.7 Å². The molecule has 0 bridgehead atoms. The van der Waals surface area contributed by atoms with Crippen molar-refractivity contribution in [3.63, 3.8) is 0 Å². The second-order valence-corrected chi connectivity index (χ2v) is 4.71. The lowest BCUT2D eigenvalue weighted by molar-refractivity contribution is 0.0390. The molecule has 0 aliphatic heterocycles. The van der Waals surface area contributed by atoms with Crippen molar-refractivity contribution in [1.82, 2.24) is 4.90 Å². The van der Waals surface area contributed by atoms with Crippen molar-refractivity contribution < 1.29 is 10.2 Å². The van der Waals surface area contributed by atoms with Gasteiger partial charge < -0.3 is 20.4 Å². The number of rotatable bonds is 6. The normalized spacial score (nSPS) is 12.9. The van der Waals surface area contributed by atoms with E-state index in [0.717, 1.165) is 0 Å². The zero-order chi connectivity index (χ0) is 15.8. The van der Waals surface area contributed by atoms with Gasteiger partial charge in [0.25, 0.3) is 0 Å². The smallest absolute Gasteiger partial charge is 0.145 e. The highest BCUT2D eigenvalue weighted by molar-refractivity contribution is 5.50. The lowest BCUT2D eigenvalue weighted by atomic mass is 10.0. The summed E-state index contributed by atoms with van der Waals surface area (Å²) in [7, 11) is 3.58. The average molecular weight is 286 g/mol. The second-order valence-electron chi connectivity index (χ2n) is 4.71. The van der Waals surface area contributed by atoms with Crippen LogP contribution in [0.2, 0.25) is 0 Å². The minimum absolute atomic E-state index is 0.0212. The molecule has 0 fully saturated rings. The van der Waals surface area contributed by atoms with E-state index < -0.39 is 6.10 Å². The molecule has 0 aliphatic rings. The molecule has 3 N–H and O–H groups in total. The van der Waals surface area contributed by atoms with Crippen LogP contribution in [0.1, 0.15) is 11.7 Å². The molecule has 1 aromatic rings. The topological polar surface area (TPSA) is 103 Å². The number of allylic oxidation sites excluding steroid dienone is 1. The fourth-order valence-electron chi connectivity index (χ4n) is 1.79. The molecule has 0 saturated heterocycles. The summed E-state index contributed by atoms with van der Waals surface area (Å²) in [4.78, 5) is 1.76. The number of nitrogens with zero attached hydrogens (tertiary/aromatic N) is 3. The van der Waals surface area contributed by atoms with Gasteiger partial charge in [-0.1, -0.05) is 12.1 Å². The van der Waals surface area contributed by atoms with Crippen LogP contribution in [0.3, 0.4) is 0 Å². The predicted octanol–water partition coefficient (Wildman–Crippen LogP) is 0.985. The van der Waals surface area contributed by atoms with E-state index in [9.17, 15) is 10.2 Å². The first-order valence-electron chi connectivity index (χ1n) is 6.35. The lowest BCUT2D eigenvalue weighted by Crippen LogP contribution is -2.37.